The normalized spacial score (nSPS) is 13.2. The van der Waals surface area contributed by atoms with Gasteiger partial charge in [-0.25, -0.2) is 5.43 Å². The van der Waals surface area contributed by atoms with Crippen molar-refractivity contribution < 1.29 is 9.90 Å². The zero-order chi connectivity index (χ0) is 8.85. The van der Waals surface area contributed by atoms with Gasteiger partial charge in [-0.1, -0.05) is 0 Å². The Kier molecular flexibility index (Phi) is 4.76. The van der Waals surface area contributed by atoms with Crippen LogP contribution < -0.4 is 16.6 Å². The topological polar surface area (TPSA) is 87.4 Å². The first-order valence-corrected chi connectivity index (χ1v) is 3.49. The van der Waals surface area contributed by atoms with Crippen molar-refractivity contribution in [3.63, 3.8) is 0 Å². The lowest BCUT2D eigenvalue weighted by molar-refractivity contribution is -0.124. The fourth-order valence-electron chi connectivity index (χ4n) is 0.391. The number of aliphatic hydroxyl groups is 1. The zero-order valence-electron chi connectivity index (χ0n) is 6.79. The number of hydrogen-bond acceptors (Lipinski definition) is 4. The summed E-state index contributed by atoms with van der Waals surface area (Å²) in [5, 5.41) is 8.46. The average Bonchev–Trinajstić information content (AvgIpc) is 1.98. The maximum atomic E-state index is 10.8. The largest absolute Gasteiger partial charge is 0.394 e. The molecule has 0 saturated heterocycles. The van der Waals surface area contributed by atoms with Crippen molar-refractivity contribution in [2.24, 2.45) is 5.73 Å². The Morgan fingerprint density at radius 3 is 2.55 bits per heavy atom. The van der Waals surface area contributed by atoms with E-state index in [4.69, 9.17) is 10.8 Å². The van der Waals surface area contributed by atoms with E-state index in [1.165, 1.54) is 0 Å². The van der Waals surface area contributed by atoms with Crippen molar-refractivity contribution in [1.82, 2.24) is 10.9 Å². The average molecular weight is 161 g/mol. The predicted molar refractivity (Wildman–Crippen MR) is 41.5 cm³/mol. The molecule has 5 heteroatoms. The summed E-state index contributed by atoms with van der Waals surface area (Å²) in [7, 11) is 0. The van der Waals surface area contributed by atoms with Crippen LogP contribution in [0.15, 0.2) is 0 Å². The Balaban J connectivity index is 3.52. The Labute approximate surface area is 65.9 Å². The number of amides is 1. The number of nitrogens with one attached hydrogen (secondary N) is 2. The standard InChI is InChI=1S/C6H15N3O2/c1-4(2)8-9-6(11)5(7)3-10/h4-5,8,10H,3,7H2,1-2H3,(H,9,11)/t5-/m0/s1. The van der Waals surface area contributed by atoms with Crippen molar-refractivity contribution in [3.05, 3.63) is 0 Å². The predicted octanol–water partition coefficient (Wildman–Crippen LogP) is -1.66. The van der Waals surface area contributed by atoms with Gasteiger partial charge in [0.25, 0.3) is 5.91 Å². The molecule has 0 rings (SSSR count). The number of nitrogens with two attached hydrogens (primary N) is 1. The highest BCUT2D eigenvalue weighted by Gasteiger charge is 2.10. The van der Waals surface area contributed by atoms with Crippen LogP contribution in [-0.4, -0.2) is 29.7 Å². The summed E-state index contributed by atoms with van der Waals surface area (Å²) in [5.41, 5.74) is 10.2. The van der Waals surface area contributed by atoms with Crippen LogP contribution in [0.25, 0.3) is 0 Å². The molecule has 0 aliphatic carbocycles. The van der Waals surface area contributed by atoms with Gasteiger partial charge in [-0.3, -0.25) is 10.2 Å². The van der Waals surface area contributed by atoms with Gasteiger partial charge < -0.3 is 10.8 Å². The number of carbonyl (C=O) groups excluding carboxylic acids is 1. The summed E-state index contributed by atoms with van der Waals surface area (Å²) in [4.78, 5) is 10.8. The van der Waals surface area contributed by atoms with Crippen LogP contribution in [0.1, 0.15) is 13.8 Å². The second kappa shape index (κ2) is 5.06. The lowest BCUT2D eigenvalue weighted by atomic mass is 10.3. The summed E-state index contributed by atoms with van der Waals surface area (Å²) in [6.45, 7) is 3.42. The molecule has 0 radical (unpaired) electrons. The van der Waals surface area contributed by atoms with Gasteiger partial charge in [-0.15, -0.1) is 0 Å². The fourth-order valence-corrected chi connectivity index (χ4v) is 0.391. The van der Waals surface area contributed by atoms with E-state index in [9.17, 15) is 4.79 Å². The molecular weight excluding hydrogens is 146 g/mol. The van der Waals surface area contributed by atoms with Gasteiger partial charge in [-0.05, 0) is 13.8 Å². The number of carbonyl (C=O) groups is 1. The molecule has 0 unspecified atom stereocenters. The molecule has 0 spiro atoms. The highest BCUT2D eigenvalue weighted by molar-refractivity contribution is 5.81. The van der Waals surface area contributed by atoms with Crippen LogP contribution in [-0.2, 0) is 4.79 Å². The molecule has 0 aromatic rings. The third kappa shape index (κ3) is 4.72. The van der Waals surface area contributed by atoms with Crippen molar-refractivity contribution in [2.45, 2.75) is 25.9 Å². The fraction of sp³-hybridized carbons (Fsp3) is 0.833. The first-order chi connectivity index (χ1) is 5.07. The molecule has 0 fully saturated rings. The van der Waals surface area contributed by atoms with Gasteiger partial charge in [0.1, 0.15) is 6.04 Å². The van der Waals surface area contributed by atoms with E-state index >= 15 is 0 Å². The maximum absolute atomic E-state index is 10.8. The monoisotopic (exact) mass is 161 g/mol. The SMILES string of the molecule is CC(C)NNC(=O)[C@@H](N)CO. The minimum absolute atomic E-state index is 0.157. The van der Waals surface area contributed by atoms with Crippen LogP contribution in [0, 0.1) is 0 Å². The van der Waals surface area contributed by atoms with Crippen molar-refractivity contribution in [3.8, 4) is 0 Å². The molecule has 0 heterocycles. The minimum Gasteiger partial charge on any atom is -0.394 e. The molecule has 0 aromatic carbocycles. The Morgan fingerprint density at radius 1 is 1.64 bits per heavy atom. The molecule has 0 saturated carbocycles. The Morgan fingerprint density at radius 2 is 2.18 bits per heavy atom. The second-order valence-corrected chi connectivity index (χ2v) is 2.58. The summed E-state index contributed by atoms with van der Waals surface area (Å²) in [6, 6.07) is -0.689. The van der Waals surface area contributed by atoms with E-state index < -0.39 is 11.9 Å². The maximum Gasteiger partial charge on any atom is 0.253 e. The third-order valence-electron chi connectivity index (χ3n) is 1.02. The Hall–Kier alpha value is -0.650. The Bertz CT molecular complexity index is 127. The van der Waals surface area contributed by atoms with E-state index in [1.54, 1.807) is 0 Å². The molecule has 1 amide bonds. The van der Waals surface area contributed by atoms with Gasteiger partial charge in [0, 0.05) is 6.04 Å². The summed E-state index contributed by atoms with van der Waals surface area (Å²) < 4.78 is 0. The van der Waals surface area contributed by atoms with E-state index in [1.807, 2.05) is 13.8 Å². The lowest BCUT2D eigenvalue weighted by Crippen LogP contribution is -2.50. The van der Waals surface area contributed by atoms with Gasteiger partial charge in [-0.2, -0.15) is 0 Å². The molecule has 1 atom stereocenters. The molecule has 0 aliphatic rings. The van der Waals surface area contributed by atoms with Crippen molar-refractivity contribution in [2.75, 3.05) is 6.61 Å². The number of hydrazine groups is 1. The van der Waals surface area contributed by atoms with Gasteiger partial charge in [0.15, 0.2) is 0 Å². The molecule has 0 bridgehead atoms. The molecule has 0 aliphatic heterocycles. The van der Waals surface area contributed by atoms with Gasteiger partial charge in [0.05, 0.1) is 6.61 Å². The molecular formula is C6H15N3O2. The van der Waals surface area contributed by atoms with E-state index in [0.29, 0.717) is 0 Å². The third-order valence-corrected chi connectivity index (χ3v) is 1.02. The lowest BCUT2D eigenvalue weighted by Gasteiger charge is -2.12. The number of aliphatic hydroxyl groups excluding tert-OH is 1. The number of rotatable bonds is 4. The van der Waals surface area contributed by atoms with Gasteiger partial charge >= 0.3 is 0 Å². The molecule has 5 N–H and O–H groups in total. The molecule has 11 heavy (non-hydrogen) atoms. The number of hydrogen-bond donors (Lipinski definition) is 4. The van der Waals surface area contributed by atoms with Crippen molar-refractivity contribution in [1.29, 1.82) is 0 Å². The molecule has 0 aromatic heterocycles. The van der Waals surface area contributed by atoms with E-state index in [0.717, 1.165) is 0 Å². The molecule has 66 valence electrons. The zero-order valence-corrected chi connectivity index (χ0v) is 6.79. The van der Waals surface area contributed by atoms with E-state index in [2.05, 4.69) is 10.9 Å². The smallest absolute Gasteiger partial charge is 0.253 e. The first kappa shape index (κ1) is 10.3. The highest BCUT2D eigenvalue weighted by atomic mass is 16.3. The minimum atomic E-state index is -0.846. The summed E-state index contributed by atoms with van der Waals surface area (Å²) in [5.74, 6) is -0.402. The summed E-state index contributed by atoms with van der Waals surface area (Å²) >= 11 is 0. The van der Waals surface area contributed by atoms with Crippen LogP contribution in [0.5, 0.6) is 0 Å². The molecule has 5 nitrogen and oxygen atoms in total. The quantitative estimate of drug-likeness (QED) is 0.371. The van der Waals surface area contributed by atoms with Crippen LogP contribution in [0.3, 0.4) is 0 Å². The van der Waals surface area contributed by atoms with Crippen LogP contribution in [0.2, 0.25) is 0 Å². The van der Waals surface area contributed by atoms with Crippen LogP contribution in [0.4, 0.5) is 0 Å². The van der Waals surface area contributed by atoms with E-state index in [-0.39, 0.29) is 12.6 Å². The second-order valence-electron chi connectivity index (χ2n) is 2.58. The summed E-state index contributed by atoms with van der Waals surface area (Å²) in [6.07, 6.45) is 0. The van der Waals surface area contributed by atoms with Gasteiger partial charge in [0.2, 0.25) is 0 Å². The highest BCUT2D eigenvalue weighted by Crippen LogP contribution is 1.76. The van der Waals surface area contributed by atoms with Crippen molar-refractivity contribution >= 4 is 5.91 Å². The van der Waals surface area contributed by atoms with Crippen LogP contribution >= 0.6 is 0 Å². The first-order valence-electron chi connectivity index (χ1n) is 3.49.